The van der Waals surface area contributed by atoms with Crippen molar-refractivity contribution in [2.75, 3.05) is 12.3 Å². The fourth-order valence-electron chi connectivity index (χ4n) is 2.47. The summed E-state index contributed by atoms with van der Waals surface area (Å²) < 4.78 is 16.1. The highest BCUT2D eigenvalue weighted by Gasteiger charge is 2.18. The van der Waals surface area contributed by atoms with Gasteiger partial charge in [0.2, 0.25) is 5.76 Å². The van der Waals surface area contributed by atoms with Crippen molar-refractivity contribution in [3.05, 3.63) is 72.2 Å². The molecule has 0 aliphatic rings. The Labute approximate surface area is 146 Å². The summed E-state index contributed by atoms with van der Waals surface area (Å²) in [6.45, 7) is 2.41. The van der Waals surface area contributed by atoms with Crippen molar-refractivity contribution < 1.29 is 18.7 Å². The van der Waals surface area contributed by atoms with Crippen molar-refractivity contribution in [2.45, 2.75) is 13.5 Å². The minimum atomic E-state index is -0.481. The van der Waals surface area contributed by atoms with E-state index in [4.69, 9.17) is 19.6 Å². The van der Waals surface area contributed by atoms with Crippen molar-refractivity contribution in [2.24, 2.45) is 0 Å². The van der Waals surface area contributed by atoms with Gasteiger partial charge in [-0.05, 0) is 36.8 Å². The fourth-order valence-corrected chi connectivity index (χ4v) is 2.47. The third-order valence-corrected chi connectivity index (χ3v) is 3.72. The quantitative estimate of drug-likeness (QED) is 0.536. The number of furan rings is 1. The molecule has 0 fully saturated rings. The third kappa shape index (κ3) is 3.83. The van der Waals surface area contributed by atoms with Gasteiger partial charge in [-0.3, -0.25) is 0 Å². The molecule has 0 aliphatic carbocycles. The maximum absolute atomic E-state index is 12.0. The first-order chi connectivity index (χ1) is 12.2. The molecule has 25 heavy (non-hydrogen) atoms. The van der Waals surface area contributed by atoms with Gasteiger partial charge in [0.05, 0.1) is 12.9 Å². The first-order valence-corrected chi connectivity index (χ1v) is 8.00. The smallest absolute Gasteiger partial charge is 0.374 e. The molecular formula is C20H19NO4. The number of carbonyl (C=O) groups is 1. The molecule has 128 valence electrons. The molecular weight excluding hydrogens is 318 g/mol. The van der Waals surface area contributed by atoms with E-state index in [9.17, 15) is 4.79 Å². The zero-order valence-corrected chi connectivity index (χ0v) is 13.9. The van der Waals surface area contributed by atoms with Crippen molar-refractivity contribution in [3.63, 3.8) is 0 Å². The molecule has 3 rings (SSSR count). The number of esters is 1. The molecule has 0 aliphatic heterocycles. The fraction of sp³-hybridized carbons (Fsp3) is 0.150. The number of rotatable bonds is 6. The lowest BCUT2D eigenvalue weighted by atomic mass is 10.1. The van der Waals surface area contributed by atoms with E-state index >= 15 is 0 Å². The molecule has 0 amide bonds. The maximum Gasteiger partial charge on any atom is 0.374 e. The molecule has 2 N–H and O–H groups in total. The van der Waals surface area contributed by atoms with Crippen molar-refractivity contribution in [1.82, 2.24) is 0 Å². The van der Waals surface area contributed by atoms with E-state index in [-0.39, 0.29) is 5.76 Å². The van der Waals surface area contributed by atoms with E-state index in [1.807, 2.05) is 48.5 Å². The predicted molar refractivity (Wildman–Crippen MR) is 95.3 cm³/mol. The molecule has 1 aromatic heterocycles. The lowest BCUT2D eigenvalue weighted by Crippen LogP contribution is -2.04. The van der Waals surface area contributed by atoms with E-state index in [1.165, 1.54) is 6.26 Å². The van der Waals surface area contributed by atoms with E-state index in [0.29, 0.717) is 30.2 Å². The van der Waals surface area contributed by atoms with Crippen LogP contribution in [0.4, 0.5) is 5.69 Å². The summed E-state index contributed by atoms with van der Waals surface area (Å²) in [5, 5.41) is 0. The van der Waals surface area contributed by atoms with Crippen molar-refractivity contribution in [1.29, 1.82) is 0 Å². The summed E-state index contributed by atoms with van der Waals surface area (Å²) in [4.78, 5) is 12.0. The van der Waals surface area contributed by atoms with Crippen molar-refractivity contribution in [3.8, 4) is 16.9 Å². The van der Waals surface area contributed by atoms with Crippen LogP contribution in [0.2, 0.25) is 0 Å². The molecule has 0 bridgehead atoms. The second kappa shape index (κ2) is 7.57. The summed E-state index contributed by atoms with van der Waals surface area (Å²) in [6, 6.07) is 16.8. The van der Waals surface area contributed by atoms with Gasteiger partial charge in [-0.15, -0.1) is 0 Å². The topological polar surface area (TPSA) is 74.7 Å². The Morgan fingerprint density at radius 3 is 2.76 bits per heavy atom. The van der Waals surface area contributed by atoms with E-state index < -0.39 is 5.97 Å². The predicted octanol–water partition coefficient (Wildman–Crippen LogP) is 4.28. The van der Waals surface area contributed by atoms with E-state index in [2.05, 4.69) is 0 Å². The van der Waals surface area contributed by atoms with Gasteiger partial charge in [0.15, 0.2) is 0 Å². The number of hydrogen-bond acceptors (Lipinski definition) is 5. The second-order valence-corrected chi connectivity index (χ2v) is 5.40. The number of nitrogens with two attached hydrogens (primary N) is 1. The molecule has 5 heteroatoms. The monoisotopic (exact) mass is 337 g/mol. The molecule has 5 nitrogen and oxygen atoms in total. The maximum atomic E-state index is 12.0. The van der Waals surface area contributed by atoms with Crippen LogP contribution in [-0.2, 0) is 11.3 Å². The van der Waals surface area contributed by atoms with Crippen LogP contribution in [0.25, 0.3) is 11.1 Å². The lowest BCUT2D eigenvalue weighted by molar-refractivity contribution is 0.0491. The normalized spacial score (nSPS) is 10.4. The number of para-hydroxylation sites is 1. The Morgan fingerprint density at radius 1 is 1.12 bits per heavy atom. The number of hydrogen-bond donors (Lipinski definition) is 1. The summed E-state index contributed by atoms with van der Waals surface area (Å²) in [7, 11) is 0. The third-order valence-electron chi connectivity index (χ3n) is 3.72. The number of nitrogen functional groups attached to an aromatic ring is 1. The Hall–Kier alpha value is -3.21. The lowest BCUT2D eigenvalue weighted by Gasteiger charge is -2.10. The van der Waals surface area contributed by atoms with Crippen LogP contribution >= 0.6 is 0 Å². The average Bonchev–Trinajstić information content (AvgIpc) is 3.11. The summed E-state index contributed by atoms with van der Waals surface area (Å²) >= 11 is 0. The standard InChI is InChI=1S/C20H19NO4/c1-2-23-20(22)19-17(10-11-24-19)14-7-5-8-16(12-14)25-13-15-6-3-4-9-18(15)21/h3-12H,2,13,21H2,1H3. The highest BCUT2D eigenvalue weighted by Crippen LogP contribution is 2.29. The van der Waals surface area contributed by atoms with Gasteiger partial charge in [0.25, 0.3) is 0 Å². The summed E-state index contributed by atoms with van der Waals surface area (Å²) in [5.74, 6) is 0.383. The van der Waals surface area contributed by atoms with Crippen molar-refractivity contribution >= 4 is 11.7 Å². The van der Waals surface area contributed by atoms with Gasteiger partial charge in [0.1, 0.15) is 12.4 Å². The molecule has 1 heterocycles. The highest BCUT2D eigenvalue weighted by molar-refractivity contribution is 5.94. The van der Waals surface area contributed by atoms with Gasteiger partial charge < -0.3 is 19.6 Å². The molecule has 0 atom stereocenters. The Bertz CT molecular complexity index is 869. The zero-order valence-electron chi connectivity index (χ0n) is 13.9. The molecule has 0 saturated heterocycles. The van der Waals surface area contributed by atoms with Crippen LogP contribution in [0.5, 0.6) is 5.75 Å². The number of benzene rings is 2. The number of anilines is 1. The van der Waals surface area contributed by atoms with Crippen LogP contribution in [0.3, 0.4) is 0 Å². The Kier molecular flexibility index (Phi) is 5.04. The van der Waals surface area contributed by atoms with Crippen LogP contribution in [-0.4, -0.2) is 12.6 Å². The van der Waals surface area contributed by atoms with Gasteiger partial charge >= 0.3 is 5.97 Å². The van der Waals surface area contributed by atoms with Gasteiger partial charge in [-0.2, -0.15) is 0 Å². The Morgan fingerprint density at radius 2 is 1.96 bits per heavy atom. The molecule has 0 saturated carbocycles. The Balaban J connectivity index is 1.80. The summed E-state index contributed by atoms with van der Waals surface area (Å²) in [5.41, 5.74) is 9.03. The zero-order chi connectivity index (χ0) is 17.6. The number of carbonyl (C=O) groups excluding carboxylic acids is 1. The van der Waals surface area contributed by atoms with Gasteiger partial charge in [-0.1, -0.05) is 30.3 Å². The largest absolute Gasteiger partial charge is 0.489 e. The van der Waals surface area contributed by atoms with E-state index in [0.717, 1.165) is 11.1 Å². The second-order valence-electron chi connectivity index (χ2n) is 5.40. The minimum absolute atomic E-state index is 0.186. The SMILES string of the molecule is CCOC(=O)c1occc1-c1cccc(OCc2ccccc2N)c1. The molecule has 0 spiro atoms. The first-order valence-electron chi connectivity index (χ1n) is 8.00. The van der Waals surface area contributed by atoms with Gasteiger partial charge in [0, 0.05) is 16.8 Å². The molecule has 2 aromatic carbocycles. The highest BCUT2D eigenvalue weighted by atomic mass is 16.5. The average molecular weight is 337 g/mol. The molecule has 3 aromatic rings. The van der Waals surface area contributed by atoms with Crippen LogP contribution < -0.4 is 10.5 Å². The minimum Gasteiger partial charge on any atom is -0.489 e. The number of ether oxygens (including phenoxy) is 2. The van der Waals surface area contributed by atoms with Crippen LogP contribution in [0.15, 0.2) is 65.3 Å². The first kappa shape index (κ1) is 16.6. The van der Waals surface area contributed by atoms with Crippen LogP contribution in [0, 0.1) is 0 Å². The van der Waals surface area contributed by atoms with Gasteiger partial charge in [-0.25, -0.2) is 4.79 Å². The van der Waals surface area contributed by atoms with Crippen LogP contribution in [0.1, 0.15) is 23.0 Å². The van der Waals surface area contributed by atoms with E-state index in [1.54, 1.807) is 13.0 Å². The molecule has 0 radical (unpaired) electrons. The molecule has 0 unspecified atom stereocenters. The summed E-state index contributed by atoms with van der Waals surface area (Å²) in [6.07, 6.45) is 1.47.